The third-order valence-corrected chi connectivity index (χ3v) is 1.81. The molecule has 0 spiro atoms. The van der Waals surface area contributed by atoms with Gasteiger partial charge in [-0.1, -0.05) is 6.07 Å². The highest BCUT2D eigenvalue weighted by Gasteiger charge is 2.06. The van der Waals surface area contributed by atoms with E-state index >= 15 is 0 Å². The van der Waals surface area contributed by atoms with Crippen molar-refractivity contribution in [3.63, 3.8) is 0 Å². The number of aromatic nitrogens is 3. The molecule has 2 aromatic heterocycles. The Kier molecular flexibility index (Phi) is 2.06. The molecule has 0 bridgehead atoms. The van der Waals surface area contributed by atoms with Crippen molar-refractivity contribution in [1.82, 2.24) is 15.2 Å². The Balaban J connectivity index is 2.47. The van der Waals surface area contributed by atoms with Crippen molar-refractivity contribution < 1.29 is 5.11 Å². The Bertz CT molecular complexity index is 383. The summed E-state index contributed by atoms with van der Waals surface area (Å²) in [5.41, 5.74) is 2.34. The van der Waals surface area contributed by atoms with E-state index in [0.717, 1.165) is 17.0 Å². The van der Waals surface area contributed by atoms with E-state index in [-0.39, 0.29) is 6.61 Å². The van der Waals surface area contributed by atoms with Crippen LogP contribution < -0.4 is 0 Å². The van der Waals surface area contributed by atoms with Crippen LogP contribution in [0, 0.1) is 0 Å². The second-order valence-corrected chi connectivity index (χ2v) is 2.64. The predicted octanol–water partition coefficient (Wildman–Crippen LogP) is 0.964. The molecule has 0 aliphatic heterocycles. The topological polar surface area (TPSA) is 61.8 Å². The van der Waals surface area contributed by atoms with E-state index in [1.807, 2.05) is 18.2 Å². The minimum atomic E-state index is -0.0254. The van der Waals surface area contributed by atoms with Crippen LogP contribution in [0.4, 0.5) is 0 Å². The third-order valence-electron chi connectivity index (χ3n) is 1.81. The summed E-state index contributed by atoms with van der Waals surface area (Å²) in [5.74, 6) is 0. The molecule has 0 saturated heterocycles. The fraction of sp³-hybridized carbons (Fsp3) is 0.111. The molecule has 2 aromatic rings. The number of H-pyrrole nitrogens is 1. The van der Waals surface area contributed by atoms with Crippen molar-refractivity contribution in [2.45, 2.75) is 6.61 Å². The first-order valence-corrected chi connectivity index (χ1v) is 3.96. The van der Waals surface area contributed by atoms with Crippen LogP contribution in [0.2, 0.25) is 0 Å². The quantitative estimate of drug-likeness (QED) is 0.714. The molecule has 2 heterocycles. The Hall–Kier alpha value is -1.68. The number of aliphatic hydroxyl groups excluding tert-OH is 1. The number of pyridine rings is 1. The fourth-order valence-corrected chi connectivity index (χ4v) is 1.16. The van der Waals surface area contributed by atoms with Crippen LogP contribution in [0.15, 0.2) is 30.6 Å². The molecule has 2 N–H and O–H groups in total. The lowest BCUT2D eigenvalue weighted by Crippen LogP contribution is -1.87. The molecule has 2 rings (SSSR count). The monoisotopic (exact) mass is 175 g/mol. The molecule has 0 aromatic carbocycles. The number of rotatable bonds is 2. The maximum atomic E-state index is 8.98. The highest BCUT2D eigenvalue weighted by atomic mass is 16.3. The first-order valence-electron chi connectivity index (χ1n) is 3.96. The number of nitrogens with zero attached hydrogens (tertiary/aromatic N) is 2. The van der Waals surface area contributed by atoms with Crippen molar-refractivity contribution >= 4 is 0 Å². The average Bonchev–Trinajstić information content (AvgIpc) is 2.67. The summed E-state index contributed by atoms with van der Waals surface area (Å²) in [6.45, 7) is -0.0254. The van der Waals surface area contributed by atoms with Crippen LogP contribution in [0.5, 0.6) is 0 Å². The van der Waals surface area contributed by atoms with Crippen molar-refractivity contribution in [3.05, 3.63) is 36.2 Å². The maximum absolute atomic E-state index is 8.98. The van der Waals surface area contributed by atoms with Crippen LogP contribution in [-0.2, 0) is 6.61 Å². The van der Waals surface area contributed by atoms with Crippen LogP contribution in [0.1, 0.15) is 5.56 Å². The van der Waals surface area contributed by atoms with Gasteiger partial charge in [0.25, 0.3) is 0 Å². The average molecular weight is 175 g/mol. The van der Waals surface area contributed by atoms with Gasteiger partial charge >= 0.3 is 0 Å². The molecule has 0 aliphatic rings. The van der Waals surface area contributed by atoms with Gasteiger partial charge in [0, 0.05) is 11.8 Å². The smallest absolute Gasteiger partial charge is 0.0889 e. The Morgan fingerprint density at radius 1 is 1.38 bits per heavy atom. The minimum absolute atomic E-state index is 0.0254. The molecule has 0 fully saturated rings. The van der Waals surface area contributed by atoms with Gasteiger partial charge in [-0.2, -0.15) is 5.10 Å². The normalized spacial score (nSPS) is 10.2. The van der Waals surface area contributed by atoms with Crippen LogP contribution in [0.3, 0.4) is 0 Å². The van der Waals surface area contributed by atoms with Crippen molar-refractivity contribution in [3.8, 4) is 11.4 Å². The van der Waals surface area contributed by atoms with Gasteiger partial charge < -0.3 is 5.11 Å². The van der Waals surface area contributed by atoms with E-state index < -0.39 is 0 Å². The lowest BCUT2D eigenvalue weighted by Gasteiger charge is -1.97. The summed E-state index contributed by atoms with van der Waals surface area (Å²) in [7, 11) is 0. The molecule has 4 nitrogen and oxygen atoms in total. The van der Waals surface area contributed by atoms with Gasteiger partial charge in [-0.25, -0.2) is 0 Å². The molecule has 0 saturated carbocycles. The minimum Gasteiger partial charge on any atom is -0.392 e. The van der Waals surface area contributed by atoms with Crippen molar-refractivity contribution in [2.24, 2.45) is 0 Å². The van der Waals surface area contributed by atoms with Crippen LogP contribution in [-0.4, -0.2) is 20.3 Å². The van der Waals surface area contributed by atoms with Gasteiger partial charge in [-0.15, -0.1) is 0 Å². The second kappa shape index (κ2) is 3.37. The largest absolute Gasteiger partial charge is 0.392 e. The number of aliphatic hydroxyl groups is 1. The zero-order chi connectivity index (χ0) is 9.10. The fourth-order valence-electron chi connectivity index (χ4n) is 1.16. The second-order valence-electron chi connectivity index (χ2n) is 2.64. The highest BCUT2D eigenvalue weighted by molar-refractivity contribution is 5.57. The van der Waals surface area contributed by atoms with Gasteiger partial charge in [0.15, 0.2) is 0 Å². The Morgan fingerprint density at radius 3 is 3.00 bits per heavy atom. The Labute approximate surface area is 75.3 Å². The third kappa shape index (κ3) is 1.43. The van der Waals surface area contributed by atoms with E-state index in [1.54, 1.807) is 12.4 Å². The highest BCUT2D eigenvalue weighted by Crippen LogP contribution is 2.17. The molecular weight excluding hydrogens is 166 g/mol. The van der Waals surface area contributed by atoms with E-state index in [2.05, 4.69) is 15.2 Å². The number of nitrogens with one attached hydrogen (secondary N) is 1. The summed E-state index contributed by atoms with van der Waals surface area (Å²) in [6.07, 6.45) is 3.31. The maximum Gasteiger partial charge on any atom is 0.0889 e. The number of aromatic amines is 1. The first kappa shape index (κ1) is 7.94. The van der Waals surface area contributed by atoms with Crippen LogP contribution in [0.25, 0.3) is 11.4 Å². The predicted molar refractivity (Wildman–Crippen MR) is 47.7 cm³/mol. The molecule has 0 amide bonds. The number of hydrogen-bond acceptors (Lipinski definition) is 3. The molecule has 0 radical (unpaired) electrons. The van der Waals surface area contributed by atoms with E-state index in [1.165, 1.54) is 0 Å². The molecule has 4 heteroatoms. The Morgan fingerprint density at radius 2 is 2.31 bits per heavy atom. The van der Waals surface area contributed by atoms with Gasteiger partial charge in [0.2, 0.25) is 0 Å². The number of hydrogen-bond donors (Lipinski definition) is 2. The van der Waals surface area contributed by atoms with Gasteiger partial charge in [-0.3, -0.25) is 10.1 Å². The van der Waals surface area contributed by atoms with Gasteiger partial charge in [0.05, 0.1) is 24.2 Å². The van der Waals surface area contributed by atoms with Crippen molar-refractivity contribution in [2.75, 3.05) is 0 Å². The molecular formula is C9H9N3O. The first-order chi connectivity index (χ1) is 6.42. The molecule has 0 unspecified atom stereocenters. The zero-order valence-corrected chi connectivity index (χ0v) is 6.94. The molecule has 66 valence electrons. The van der Waals surface area contributed by atoms with Gasteiger partial charge in [0.1, 0.15) is 0 Å². The summed E-state index contributed by atoms with van der Waals surface area (Å²) in [5, 5.41) is 15.6. The standard InChI is InChI=1S/C9H9N3O/c13-6-7-5-11-12-9(7)8-3-1-2-4-10-8/h1-5,13H,6H2,(H,11,12). The molecule has 0 atom stereocenters. The zero-order valence-electron chi connectivity index (χ0n) is 6.94. The van der Waals surface area contributed by atoms with E-state index in [9.17, 15) is 0 Å². The summed E-state index contributed by atoms with van der Waals surface area (Å²) >= 11 is 0. The molecule has 0 aliphatic carbocycles. The lowest BCUT2D eigenvalue weighted by atomic mass is 10.2. The summed E-state index contributed by atoms with van der Waals surface area (Å²) in [4.78, 5) is 4.15. The van der Waals surface area contributed by atoms with E-state index in [0.29, 0.717) is 0 Å². The summed E-state index contributed by atoms with van der Waals surface area (Å²) < 4.78 is 0. The van der Waals surface area contributed by atoms with Crippen molar-refractivity contribution in [1.29, 1.82) is 0 Å². The lowest BCUT2D eigenvalue weighted by molar-refractivity contribution is 0.282. The molecule has 13 heavy (non-hydrogen) atoms. The SMILES string of the molecule is OCc1cn[nH]c1-c1ccccn1. The van der Waals surface area contributed by atoms with E-state index in [4.69, 9.17) is 5.11 Å². The van der Waals surface area contributed by atoms with Crippen LogP contribution >= 0.6 is 0 Å². The summed E-state index contributed by atoms with van der Waals surface area (Å²) in [6, 6.07) is 5.61. The van der Waals surface area contributed by atoms with Gasteiger partial charge in [-0.05, 0) is 12.1 Å².